The molecule has 0 bridgehead atoms. The molecule has 2 aromatic heterocycles. The molecule has 3 heterocycles. The lowest BCUT2D eigenvalue weighted by atomic mass is 10.2. The number of hydrogen-bond donors (Lipinski definition) is 3. The molecule has 1 aliphatic rings. The Labute approximate surface area is 156 Å². The van der Waals surface area contributed by atoms with Crippen LogP contribution in [0.3, 0.4) is 0 Å². The summed E-state index contributed by atoms with van der Waals surface area (Å²) >= 11 is 0. The predicted molar refractivity (Wildman–Crippen MR) is 95.0 cm³/mol. The Hall–Kier alpha value is -3.30. The second kappa shape index (κ2) is 6.70. The summed E-state index contributed by atoms with van der Waals surface area (Å²) in [4.78, 5) is 35.9. The van der Waals surface area contributed by atoms with Crippen LogP contribution >= 0.6 is 0 Å². The van der Waals surface area contributed by atoms with Gasteiger partial charge in [0.25, 0.3) is 11.8 Å². The van der Waals surface area contributed by atoms with E-state index >= 15 is 0 Å². The minimum Gasteiger partial charge on any atom is -0.356 e. The van der Waals surface area contributed by atoms with Gasteiger partial charge in [-0.15, -0.1) is 0 Å². The Bertz CT molecular complexity index is 1050. The maximum absolute atomic E-state index is 12.8. The first-order valence-corrected chi connectivity index (χ1v) is 8.67. The van der Waals surface area contributed by atoms with Crippen molar-refractivity contribution >= 4 is 28.8 Å². The zero-order valence-electron chi connectivity index (χ0n) is 14.6. The first kappa shape index (κ1) is 18.1. The lowest BCUT2D eigenvalue weighted by molar-refractivity contribution is -0.137. The molecular weight excluding hydrogens is 375 g/mol. The van der Waals surface area contributed by atoms with Gasteiger partial charge in [0.1, 0.15) is 5.69 Å². The smallest absolute Gasteiger partial charge is 0.356 e. The number of likely N-dealkylation sites (tertiary alicyclic amines) is 1. The molecule has 1 aromatic carbocycles. The summed E-state index contributed by atoms with van der Waals surface area (Å²) in [5.41, 5.74) is 0.175. The van der Waals surface area contributed by atoms with Crippen molar-refractivity contribution in [2.75, 3.05) is 18.4 Å². The van der Waals surface area contributed by atoms with Crippen LogP contribution in [0.4, 0.5) is 19.1 Å². The van der Waals surface area contributed by atoms with Gasteiger partial charge in [-0.05, 0) is 37.1 Å². The third-order valence-corrected chi connectivity index (χ3v) is 4.61. The topological polar surface area (TPSA) is 93.9 Å². The highest BCUT2D eigenvalue weighted by atomic mass is 19.4. The maximum atomic E-state index is 12.8. The van der Waals surface area contributed by atoms with Crippen LogP contribution in [-0.2, 0) is 6.18 Å². The Kier molecular flexibility index (Phi) is 4.33. The van der Waals surface area contributed by atoms with E-state index in [1.807, 2.05) is 0 Å². The van der Waals surface area contributed by atoms with Gasteiger partial charge in [-0.25, -0.2) is 4.98 Å². The fourth-order valence-corrected chi connectivity index (χ4v) is 3.16. The summed E-state index contributed by atoms with van der Waals surface area (Å²) in [5.74, 6) is -0.681. The number of H-pyrrole nitrogens is 2. The number of hydrogen-bond acceptors (Lipinski definition) is 3. The van der Waals surface area contributed by atoms with Crippen LogP contribution in [0.15, 0.2) is 30.5 Å². The van der Waals surface area contributed by atoms with Crippen molar-refractivity contribution in [1.82, 2.24) is 19.9 Å². The molecule has 10 heteroatoms. The number of rotatable bonds is 3. The molecule has 2 amide bonds. The van der Waals surface area contributed by atoms with Crippen LogP contribution in [0.1, 0.15) is 39.3 Å². The number of aromatic nitrogens is 3. The fourth-order valence-electron chi connectivity index (χ4n) is 3.16. The summed E-state index contributed by atoms with van der Waals surface area (Å²) in [6.07, 6.45) is -1.14. The number of nitrogens with one attached hydrogen (secondary N) is 3. The molecule has 1 saturated heterocycles. The monoisotopic (exact) mass is 391 g/mol. The number of imidazole rings is 1. The van der Waals surface area contributed by atoms with Crippen LogP contribution in [0, 0.1) is 0 Å². The molecule has 0 atom stereocenters. The Morgan fingerprint density at radius 3 is 2.61 bits per heavy atom. The Balaban J connectivity index is 1.50. The third kappa shape index (κ3) is 3.45. The number of alkyl halides is 3. The first-order chi connectivity index (χ1) is 13.3. The standard InChI is InChI=1S/C18H16F3N5O2/c19-18(20,21)11-3-4-12-13(8-11)24-17(23-12)25-15(27)10-7-14(22-9-10)16(28)26-5-1-2-6-26/h3-4,7-9,22H,1-2,5-6H2,(H2,23,24,25,27). The van der Waals surface area contributed by atoms with Crippen LogP contribution < -0.4 is 5.32 Å². The molecule has 146 valence electrons. The number of halogens is 3. The van der Waals surface area contributed by atoms with Crippen molar-refractivity contribution in [3.63, 3.8) is 0 Å². The SMILES string of the molecule is O=C(Nc1nc2ccc(C(F)(F)F)cc2[nH]1)c1c[nH]c(C(=O)N2CCCC2)c1. The van der Waals surface area contributed by atoms with Crippen molar-refractivity contribution < 1.29 is 22.8 Å². The normalized spacial score (nSPS) is 14.6. The lowest BCUT2D eigenvalue weighted by Crippen LogP contribution is -2.27. The van der Waals surface area contributed by atoms with Gasteiger partial charge in [-0.3, -0.25) is 14.9 Å². The molecule has 0 radical (unpaired) electrons. The average molecular weight is 391 g/mol. The van der Waals surface area contributed by atoms with Crippen LogP contribution in [0.2, 0.25) is 0 Å². The summed E-state index contributed by atoms with van der Waals surface area (Å²) in [5, 5.41) is 2.50. The van der Waals surface area contributed by atoms with Gasteiger partial charge in [0.05, 0.1) is 22.2 Å². The van der Waals surface area contributed by atoms with Gasteiger partial charge in [-0.2, -0.15) is 13.2 Å². The molecule has 0 unspecified atom stereocenters. The zero-order chi connectivity index (χ0) is 19.9. The molecule has 3 aromatic rings. The third-order valence-electron chi connectivity index (χ3n) is 4.61. The Morgan fingerprint density at radius 1 is 1.14 bits per heavy atom. The number of fused-ring (bicyclic) bond motifs is 1. The highest BCUT2D eigenvalue weighted by molar-refractivity contribution is 6.05. The molecule has 0 aliphatic carbocycles. The summed E-state index contributed by atoms with van der Waals surface area (Å²) in [7, 11) is 0. The summed E-state index contributed by atoms with van der Waals surface area (Å²) in [6.45, 7) is 1.39. The van der Waals surface area contributed by atoms with Crippen LogP contribution in [-0.4, -0.2) is 44.8 Å². The van der Waals surface area contributed by atoms with Gasteiger partial charge < -0.3 is 14.9 Å². The Morgan fingerprint density at radius 2 is 1.89 bits per heavy atom. The van der Waals surface area contributed by atoms with E-state index in [0.717, 1.165) is 25.0 Å². The van der Waals surface area contributed by atoms with Crippen molar-refractivity contribution in [3.8, 4) is 0 Å². The van der Waals surface area contributed by atoms with Gasteiger partial charge in [-0.1, -0.05) is 0 Å². The molecule has 28 heavy (non-hydrogen) atoms. The molecule has 1 fully saturated rings. The first-order valence-electron chi connectivity index (χ1n) is 8.67. The predicted octanol–water partition coefficient (Wildman–Crippen LogP) is 3.40. The van der Waals surface area contributed by atoms with E-state index < -0.39 is 17.6 Å². The second-order valence-corrected chi connectivity index (χ2v) is 6.57. The van der Waals surface area contributed by atoms with E-state index in [0.29, 0.717) is 24.3 Å². The summed E-state index contributed by atoms with van der Waals surface area (Å²) in [6, 6.07) is 4.53. The molecule has 4 rings (SSSR count). The quantitative estimate of drug-likeness (QED) is 0.639. The van der Waals surface area contributed by atoms with E-state index in [1.54, 1.807) is 4.90 Å². The number of nitrogens with zero attached hydrogens (tertiary/aromatic N) is 2. The minimum atomic E-state index is -4.47. The van der Waals surface area contributed by atoms with Crippen molar-refractivity contribution in [3.05, 3.63) is 47.3 Å². The highest BCUT2D eigenvalue weighted by Crippen LogP contribution is 2.31. The van der Waals surface area contributed by atoms with E-state index in [9.17, 15) is 22.8 Å². The second-order valence-electron chi connectivity index (χ2n) is 6.57. The average Bonchev–Trinajstić information content (AvgIpc) is 3.38. The number of carbonyl (C=O) groups is 2. The molecule has 0 saturated carbocycles. The van der Waals surface area contributed by atoms with Gasteiger partial charge in [0.2, 0.25) is 5.95 Å². The van der Waals surface area contributed by atoms with Crippen molar-refractivity contribution in [2.45, 2.75) is 19.0 Å². The van der Waals surface area contributed by atoms with E-state index in [4.69, 9.17) is 0 Å². The zero-order valence-corrected chi connectivity index (χ0v) is 14.6. The van der Waals surface area contributed by atoms with E-state index in [2.05, 4.69) is 20.3 Å². The molecular formula is C18H16F3N5O2. The number of amides is 2. The number of carbonyl (C=O) groups excluding carboxylic acids is 2. The van der Waals surface area contributed by atoms with Crippen LogP contribution in [0.25, 0.3) is 11.0 Å². The van der Waals surface area contributed by atoms with Crippen LogP contribution in [0.5, 0.6) is 0 Å². The van der Waals surface area contributed by atoms with Crippen molar-refractivity contribution in [2.24, 2.45) is 0 Å². The van der Waals surface area contributed by atoms with E-state index in [1.165, 1.54) is 18.3 Å². The molecule has 0 spiro atoms. The molecule has 7 nitrogen and oxygen atoms in total. The highest BCUT2D eigenvalue weighted by Gasteiger charge is 2.30. The molecule has 1 aliphatic heterocycles. The largest absolute Gasteiger partial charge is 0.416 e. The lowest BCUT2D eigenvalue weighted by Gasteiger charge is -2.13. The van der Waals surface area contributed by atoms with Crippen molar-refractivity contribution in [1.29, 1.82) is 0 Å². The summed E-state index contributed by atoms with van der Waals surface area (Å²) < 4.78 is 38.4. The number of aromatic amines is 2. The van der Waals surface area contributed by atoms with Gasteiger partial charge in [0, 0.05) is 19.3 Å². The fraction of sp³-hybridized carbons (Fsp3) is 0.278. The number of anilines is 1. The van der Waals surface area contributed by atoms with Gasteiger partial charge in [0.15, 0.2) is 0 Å². The molecule has 3 N–H and O–H groups in total. The van der Waals surface area contributed by atoms with E-state index in [-0.39, 0.29) is 22.9 Å². The van der Waals surface area contributed by atoms with Gasteiger partial charge >= 0.3 is 6.18 Å². The maximum Gasteiger partial charge on any atom is 0.416 e. The minimum absolute atomic E-state index is 0.0212. The number of benzene rings is 1.